The molecular weight excluding hydrogens is 480 g/mol. The van der Waals surface area contributed by atoms with E-state index < -0.39 is 55.7 Å². The van der Waals surface area contributed by atoms with Gasteiger partial charge in [0.05, 0.1) is 21.9 Å². The molecular formula is C16H9Cl3F5N5O. The van der Waals surface area contributed by atoms with Gasteiger partial charge in [-0.2, -0.15) is 32.3 Å². The lowest BCUT2D eigenvalue weighted by molar-refractivity contribution is -0.137. The Morgan fingerprint density at radius 2 is 1.77 bits per heavy atom. The summed E-state index contributed by atoms with van der Waals surface area (Å²) < 4.78 is 66.5. The summed E-state index contributed by atoms with van der Waals surface area (Å²) in [5.41, 5.74) is -3.36. The molecule has 0 N–H and O–H groups in total. The topological polar surface area (TPSA) is 74.3 Å². The fourth-order valence-corrected chi connectivity index (χ4v) is 2.96. The molecule has 30 heavy (non-hydrogen) atoms. The number of aliphatic imine (C=N–C) groups is 1. The van der Waals surface area contributed by atoms with Crippen molar-refractivity contribution in [1.82, 2.24) is 14.7 Å². The van der Waals surface area contributed by atoms with Crippen molar-refractivity contribution in [3.05, 3.63) is 39.0 Å². The third kappa shape index (κ3) is 4.83. The lowest BCUT2D eigenvalue weighted by atomic mass is 10.1. The highest BCUT2D eigenvalue weighted by Crippen LogP contribution is 2.40. The summed E-state index contributed by atoms with van der Waals surface area (Å²) in [5, 5.41) is 7.35. The van der Waals surface area contributed by atoms with Crippen LogP contribution in [-0.4, -0.2) is 46.3 Å². The monoisotopic (exact) mass is 487 g/mol. The zero-order valence-electron chi connectivity index (χ0n) is 14.9. The van der Waals surface area contributed by atoms with E-state index in [1.54, 1.807) is 0 Å². The number of ketones is 1. The van der Waals surface area contributed by atoms with Crippen LogP contribution in [0, 0.1) is 11.3 Å². The van der Waals surface area contributed by atoms with Crippen LogP contribution in [0.1, 0.15) is 21.6 Å². The third-order valence-corrected chi connectivity index (χ3v) is 4.17. The van der Waals surface area contributed by atoms with Crippen LogP contribution in [0.4, 0.5) is 27.8 Å². The van der Waals surface area contributed by atoms with Crippen LogP contribution in [0.25, 0.3) is 5.69 Å². The molecule has 0 aliphatic heterocycles. The molecule has 2 aromatic rings. The number of rotatable bonds is 5. The van der Waals surface area contributed by atoms with Gasteiger partial charge in [-0.05, 0) is 23.7 Å². The van der Waals surface area contributed by atoms with Crippen LogP contribution < -0.4 is 0 Å². The Balaban J connectivity index is 2.90. The molecule has 0 atom stereocenters. The second-order valence-corrected chi connectivity index (χ2v) is 7.18. The molecule has 0 aliphatic carbocycles. The van der Waals surface area contributed by atoms with Crippen molar-refractivity contribution < 1.29 is 26.7 Å². The molecule has 6 nitrogen and oxygen atoms in total. The van der Waals surface area contributed by atoms with Gasteiger partial charge in [0, 0.05) is 14.1 Å². The van der Waals surface area contributed by atoms with E-state index in [0.29, 0.717) is 16.8 Å². The Morgan fingerprint density at radius 1 is 1.23 bits per heavy atom. The highest BCUT2D eigenvalue weighted by molar-refractivity contribution is 6.38. The van der Waals surface area contributed by atoms with Gasteiger partial charge in [0.15, 0.2) is 11.5 Å². The molecule has 0 fully saturated rings. The first-order valence-corrected chi connectivity index (χ1v) is 8.73. The van der Waals surface area contributed by atoms with E-state index >= 15 is 0 Å². The molecule has 0 bridgehead atoms. The zero-order valence-corrected chi connectivity index (χ0v) is 17.2. The van der Waals surface area contributed by atoms with Crippen LogP contribution in [0.3, 0.4) is 0 Å². The maximum absolute atomic E-state index is 13.5. The summed E-state index contributed by atoms with van der Waals surface area (Å²) >= 11 is 16.7. The zero-order chi connectivity index (χ0) is 23.0. The molecule has 14 heteroatoms. The quantitative estimate of drug-likeness (QED) is 0.188. The SMILES string of the molecule is CN(C)C=Nc1c(C(=O)C(F)(F)Cl)c(C#N)nn1-c1c(Cl)cc(C(F)(F)F)cc1Cl. The average molecular weight is 489 g/mol. The lowest BCUT2D eigenvalue weighted by Gasteiger charge is -2.14. The molecule has 0 amide bonds. The molecule has 0 saturated carbocycles. The number of Topliss-reactive ketones (excluding diaryl/α,β-unsaturated/α-hetero) is 1. The first kappa shape index (κ1) is 23.9. The number of nitriles is 1. The Labute approximate surface area is 181 Å². The predicted octanol–water partition coefficient (Wildman–Crippen LogP) is 5.31. The standard InChI is InChI=1S/C16H9Cl3F5N5O/c1-28(2)6-26-14-11(13(30)15(19,20)21)10(5-25)27-29(14)12-8(17)3-7(4-9(12)18)16(22,23)24/h3-4,6H,1-2H3. The van der Waals surface area contributed by atoms with E-state index in [1.165, 1.54) is 25.1 Å². The van der Waals surface area contributed by atoms with Gasteiger partial charge in [-0.1, -0.05) is 23.2 Å². The molecule has 160 valence electrons. The van der Waals surface area contributed by atoms with Gasteiger partial charge >= 0.3 is 11.6 Å². The van der Waals surface area contributed by atoms with E-state index in [1.807, 2.05) is 0 Å². The smallest absolute Gasteiger partial charge is 0.369 e. The molecule has 2 rings (SSSR count). The number of benzene rings is 1. The Bertz CT molecular complexity index is 1040. The normalized spacial score (nSPS) is 12.3. The van der Waals surface area contributed by atoms with Crippen molar-refractivity contribution in [3.8, 4) is 11.8 Å². The van der Waals surface area contributed by atoms with Gasteiger partial charge in [-0.25, -0.2) is 9.67 Å². The first-order valence-electron chi connectivity index (χ1n) is 7.60. The van der Waals surface area contributed by atoms with E-state index in [9.17, 15) is 32.0 Å². The minimum atomic E-state index is -4.78. The Kier molecular flexibility index (Phi) is 6.66. The van der Waals surface area contributed by atoms with Gasteiger partial charge in [0.2, 0.25) is 0 Å². The second-order valence-electron chi connectivity index (χ2n) is 5.89. The number of carbonyl (C=O) groups excluding carboxylic acids is 1. The number of carbonyl (C=O) groups is 1. The van der Waals surface area contributed by atoms with E-state index in [-0.39, 0.29) is 0 Å². The van der Waals surface area contributed by atoms with Crippen LogP contribution in [0.15, 0.2) is 17.1 Å². The van der Waals surface area contributed by atoms with Crippen LogP contribution in [-0.2, 0) is 6.18 Å². The number of hydrogen-bond acceptors (Lipinski definition) is 4. The van der Waals surface area contributed by atoms with Gasteiger partial charge < -0.3 is 4.90 Å². The first-order chi connectivity index (χ1) is 13.7. The largest absolute Gasteiger partial charge is 0.416 e. The van der Waals surface area contributed by atoms with Crippen LogP contribution in [0.2, 0.25) is 10.0 Å². The summed E-state index contributed by atoms with van der Waals surface area (Å²) in [6.45, 7) is 0. The summed E-state index contributed by atoms with van der Waals surface area (Å²) in [6, 6.07) is 2.49. The van der Waals surface area contributed by atoms with Gasteiger partial charge in [-0.15, -0.1) is 0 Å². The molecule has 0 saturated heterocycles. The molecule has 1 aromatic heterocycles. The Hall–Kier alpha value is -2.42. The minimum Gasteiger partial charge on any atom is -0.369 e. The highest BCUT2D eigenvalue weighted by atomic mass is 35.5. The van der Waals surface area contributed by atoms with Gasteiger partial charge in [0.1, 0.15) is 17.3 Å². The number of hydrogen-bond donors (Lipinski definition) is 0. The van der Waals surface area contributed by atoms with Crippen molar-refractivity contribution in [2.24, 2.45) is 4.99 Å². The molecule has 0 unspecified atom stereocenters. The fourth-order valence-electron chi connectivity index (χ4n) is 2.22. The molecule has 0 radical (unpaired) electrons. The van der Waals surface area contributed by atoms with Crippen molar-refractivity contribution in [2.75, 3.05) is 14.1 Å². The predicted molar refractivity (Wildman–Crippen MR) is 100 cm³/mol. The summed E-state index contributed by atoms with van der Waals surface area (Å²) in [5.74, 6) is -2.62. The summed E-state index contributed by atoms with van der Waals surface area (Å²) in [7, 11) is 3.01. The molecule has 1 heterocycles. The van der Waals surface area contributed by atoms with E-state index in [0.717, 1.165) is 6.34 Å². The van der Waals surface area contributed by atoms with Gasteiger partial charge in [-0.3, -0.25) is 4.79 Å². The second kappa shape index (κ2) is 8.37. The van der Waals surface area contributed by atoms with Crippen LogP contribution >= 0.6 is 34.8 Å². The van der Waals surface area contributed by atoms with Crippen molar-refractivity contribution in [3.63, 3.8) is 0 Å². The molecule has 0 spiro atoms. The maximum atomic E-state index is 13.5. The van der Waals surface area contributed by atoms with Gasteiger partial charge in [0.25, 0.3) is 5.78 Å². The third-order valence-electron chi connectivity index (χ3n) is 3.42. The molecule has 0 aliphatic rings. The number of aromatic nitrogens is 2. The van der Waals surface area contributed by atoms with Crippen molar-refractivity contribution in [1.29, 1.82) is 5.26 Å². The average Bonchev–Trinajstić information content (AvgIpc) is 2.95. The summed E-state index contributed by atoms with van der Waals surface area (Å²) in [4.78, 5) is 17.3. The summed E-state index contributed by atoms with van der Waals surface area (Å²) in [6.07, 6.45) is -3.70. The maximum Gasteiger partial charge on any atom is 0.416 e. The van der Waals surface area contributed by atoms with Crippen molar-refractivity contribution >= 4 is 52.7 Å². The van der Waals surface area contributed by atoms with E-state index in [4.69, 9.17) is 34.8 Å². The Morgan fingerprint density at radius 3 is 2.17 bits per heavy atom. The fraction of sp³-hybridized carbons (Fsp3) is 0.250. The highest BCUT2D eigenvalue weighted by Gasteiger charge is 2.42. The van der Waals surface area contributed by atoms with Crippen molar-refractivity contribution in [2.45, 2.75) is 11.6 Å². The van der Waals surface area contributed by atoms with E-state index in [2.05, 4.69) is 10.1 Å². The number of nitrogens with zero attached hydrogens (tertiary/aromatic N) is 5. The number of alkyl halides is 6. The van der Waals surface area contributed by atoms with Crippen LogP contribution in [0.5, 0.6) is 0 Å². The molecule has 1 aromatic carbocycles. The lowest BCUT2D eigenvalue weighted by Crippen LogP contribution is -2.22. The number of halogens is 8. The minimum absolute atomic E-state index is 0.411.